The summed E-state index contributed by atoms with van der Waals surface area (Å²) in [6, 6.07) is 5.87. The van der Waals surface area contributed by atoms with E-state index in [0.29, 0.717) is 6.19 Å². The molecule has 2 nitrogen and oxygen atoms in total. The van der Waals surface area contributed by atoms with Crippen LogP contribution in [0.5, 0.6) is 0 Å². The molecule has 0 heterocycles. The van der Waals surface area contributed by atoms with E-state index in [1.165, 1.54) is 7.41 Å². The summed E-state index contributed by atoms with van der Waals surface area (Å²) in [5.74, 6) is 0. The molecule has 0 saturated heterocycles. The molecule has 1 aromatic rings. The van der Waals surface area contributed by atoms with Crippen LogP contribution < -0.4 is 5.23 Å². The molecular weight excluding hydrogens is 332 g/mol. The molecule has 0 unspecified atom stereocenters. The number of halogens is 2. The molecule has 0 fully saturated rings. The molecule has 12 heavy (non-hydrogen) atoms. The van der Waals surface area contributed by atoms with Gasteiger partial charge in [-0.2, -0.15) is 0 Å². The Bertz CT molecular complexity index is 295. The minimum Gasteiger partial charge on any atom is -0.425 e. The number of anilines is 1. The van der Waals surface area contributed by atoms with E-state index in [1.807, 2.05) is 18.2 Å². The SMILES string of the molecule is O=C[B]Nc1cc(I)ccc1Br. The normalized spacial score (nSPS) is 9.17. The van der Waals surface area contributed by atoms with Crippen molar-refractivity contribution in [1.29, 1.82) is 0 Å². The Kier molecular flexibility index (Phi) is 4.07. The summed E-state index contributed by atoms with van der Waals surface area (Å²) in [6.07, 6.45) is 0.715. The molecule has 0 aliphatic carbocycles. The second-order valence-corrected chi connectivity index (χ2v) is 4.17. The maximum absolute atomic E-state index is 10.0. The molecule has 0 aromatic heterocycles. The Morgan fingerprint density at radius 2 is 2.33 bits per heavy atom. The van der Waals surface area contributed by atoms with E-state index in [0.717, 1.165) is 13.7 Å². The highest BCUT2D eigenvalue weighted by Crippen LogP contribution is 2.23. The molecule has 5 heteroatoms. The van der Waals surface area contributed by atoms with Gasteiger partial charge in [0, 0.05) is 13.7 Å². The molecular formula is C7H5BBrINO. The molecule has 0 atom stereocenters. The van der Waals surface area contributed by atoms with Gasteiger partial charge in [-0.1, -0.05) is 0 Å². The molecule has 61 valence electrons. The van der Waals surface area contributed by atoms with Gasteiger partial charge in [0.05, 0.1) is 0 Å². The van der Waals surface area contributed by atoms with Gasteiger partial charge in [0.15, 0.2) is 0 Å². The van der Waals surface area contributed by atoms with E-state index in [2.05, 4.69) is 43.7 Å². The monoisotopic (exact) mass is 336 g/mol. The first-order chi connectivity index (χ1) is 5.74. The largest absolute Gasteiger partial charge is 0.425 e. The predicted octanol–water partition coefficient (Wildman–Crippen LogP) is 2.28. The lowest BCUT2D eigenvalue weighted by molar-refractivity contribution is 0.568. The van der Waals surface area contributed by atoms with Crippen LogP contribution in [-0.2, 0) is 4.79 Å². The van der Waals surface area contributed by atoms with E-state index in [9.17, 15) is 4.79 Å². The van der Waals surface area contributed by atoms with Crippen LogP contribution in [0.4, 0.5) is 5.69 Å². The lowest BCUT2D eigenvalue weighted by atomic mass is 9.98. The number of rotatable bonds is 3. The third kappa shape index (κ3) is 2.78. The number of benzene rings is 1. The van der Waals surface area contributed by atoms with Crippen molar-refractivity contribution in [3.63, 3.8) is 0 Å². The van der Waals surface area contributed by atoms with Gasteiger partial charge >= 0.3 is 7.41 Å². The Hall–Kier alpha value is -0.0351. The second-order valence-electron chi connectivity index (χ2n) is 2.07. The third-order valence-corrected chi connectivity index (χ3v) is 2.60. The smallest absolute Gasteiger partial charge is 0.326 e. The van der Waals surface area contributed by atoms with Crippen molar-refractivity contribution >= 4 is 57.8 Å². The first-order valence-electron chi connectivity index (χ1n) is 3.22. The number of nitrogens with one attached hydrogen (secondary N) is 1. The fourth-order valence-corrected chi connectivity index (χ4v) is 1.58. The summed E-state index contributed by atoms with van der Waals surface area (Å²) < 4.78 is 2.07. The molecule has 0 aliphatic heterocycles. The Balaban J connectivity index is 2.82. The van der Waals surface area contributed by atoms with Gasteiger partial charge in [-0.3, -0.25) is 0 Å². The predicted molar refractivity (Wildman–Crippen MR) is 63.0 cm³/mol. The number of carbonyl (C=O) groups is 1. The van der Waals surface area contributed by atoms with E-state index in [4.69, 9.17) is 0 Å². The molecule has 1 aromatic carbocycles. The van der Waals surface area contributed by atoms with E-state index >= 15 is 0 Å². The fourth-order valence-electron chi connectivity index (χ4n) is 0.732. The minimum absolute atomic E-state index is 0.715. The number of hydrogen-bond acceptors (Lipinski definition) is 2. The summed E-state index contributed by atoms with van der Waals surface area (Å²) in [5.41, 5.74) is 0.897. The van der Waals surface area contributed by atoms with Crippen molar-refractivity contribution in [2.45, 2.75) is 0 Å². The molecule has 0 aliphatic rings. The van der Waals surface area contributed by atoms with Gasteiger partial charge in [-0.25, -0.2) is 0 Å². The lowest BCUT2D eigenvalue weighted by Gasteiger charge is -2.04. The van der Waals surface area contributed by atoms with E-state index in [1.54, 1.807) is 0 Å². The van der Waals surface area contributed by atoms with E-state index in [-0.39, 0.29) is 0 Å². The van der Waals surface area contributed by atoms with Gasteiger partial charge in [-0.15, -0.1) is 0 Å². The number of carbonyl (C=O) groups excluding carboxylic acids is 1. The van der Waals surface area contributed by atoms with Crippen molar-refractivity contribution in [3.8, 4) is 0 Å². The first-order valence-corrected chi connectivity index (χ1v) is 5.10. The van der Waals surface area contributed by atoms with Crippen LogP contribution in [0.1, 0.15) is 0 Å². The lowest BCUT2D eigenvalue weighted by Crippen LogP contribution is -2.07. The van der Waals surface area contributed by atoms with Crippen LogP contribution in [-0.4, -0.2) is 13.6 Å². The quantitative estimate of drug-likeness (QED) is 0.521. The van der Waals surface area contributed by atoms with Crippen molar-refractivity contribution in [1.82, 2.24) is 0 Å². The zero-order valence-corrected chi connectivity index (χ0v) is 9.79. The molecule has 1 radical (unpaired) electrons. The Morgan fingerprint density at radius 1 is 1.58 bits per heavy atom. The number of hydrogen-bond donors (Lipinski definition) is 1. The molecule has 0 bridgehead atoms. The van der Waals surface area contributed by atoms with Crippen LogP contribution in [0.25, 0.3) is 0 Å². The van der Waals surface area contributed by atoms with Crippen LogP contribution in [0.3, 0.4) is 0 Å². The van der Waals surface area contributed by atoms with Gasteiger partial charge in [0.1, 0.15) is 6.19 Å². The van der Waals surface area contributed by atoms with Gasteiger partial charge in [0.25, 0.3) is 0 Å². The van der Waals surface area contributed by atoms with Gasteiger partial charge < -0.3 is 10.0 Å². The Morgan fingerprint density at radius 3 is 3.00 bits per heavy atom. The average molecular weight is 337 g/mol. The van der Waals surface area contributed by atoms with Crippen molar-refractivity contribution in [2.24, 2.45) is 0 Å². The average Bonchev–Trinajstić information content (AvgIpc) is 2.07. The highest BCUT2D eigenvalue weighted by atomic mass is 127. The summed E-state index contributed by atoms with van der Waals surface area (Å²) in [4.78, 5) is 10.0. The molecule has 1 rings (SSSR count). The summed E-state index contributed by atoms with van der Waals surface area (Å²) in [5, 5.41) is 2.86. The maximum atomic E-state index is 10.0. The molecule has 1 N–H and O–H groups in total. The molecule has 0 spiro atoms. The summed E-state index contributed by atoms with van der Waals surface area (Å²) >= 11 is 5.57. The topological polar surface area (TPSA) is 29.1 Å². The summed E-state index contributed by atoms with van der Waals surface area (Å²) in [7, 11) is 1.36. The van der Waals surface area contributed by atoms with Gasteiger partial charge in [0.2, 0.25) is 0 Å². The highest BCUT2D eigenvalue weighted by Gasteiger charge is 1.99. The zero-order valence-electron chi connectivity index (χ0n) is 6.05. The first kappa shape index (κ1) is 10.0. The second kappa shape index (κ2) is 4.86. The van der Waals surface area contributed by atoms with Gasteiger partial charge in [-0.05, 0) is 56.7 Å². The van der Waals surface area contributed by atoms with Crippen LogP contribution in [0, 0.1) is 3.57 Å². The Labute approximate surface area is 93.6 Å². The zero-order chi connectivity index (χ0) is 8.97. The molecule has 0 amide bonds. The van der Waals surface area contributed by atoms with Crippen LogP contribution in [0.15, 0.2) is 22.7 Å². The molecule has 0 saturated carbocycles. The minimum atomic E-state index is 0.715. The summed E-state index contributed by atoms with van der Waals surface area (Å²) in [6.45, 7) is 0. The van der Waals surface area contributed by atoms with Crippen molar-refractivity contribution < 1.29 is 4.79 Å². The highest BCUT2D eigenvalue weighted by molar-refractivity contribution is 14.1. The van der Waals surface area contributed by atoms with Crippen molar-refractivity contribution in [2.75, 3.05) is 5.23 Å². The van der Waals surface area contributed by atoms with Crippen LogP contribution in [0.2, 0.25) is 0 Å². The van der Waals surface area contributed by atoms with E-state index < -0.39 is 0 Å². The van der Waals surface area contributed by atoms with Crippen LogP contribution >= 0.6 is 38.5 Å². The fraction of sp³-hybridized carbons (Fsp3) is 0. The maximum Gasteiger partial charge on any atom is 0.326 e. The standard InChI is InChI=1S/C7H5BBrINO/c9-6-2-1-5(10)3-7(6)11-8-4-12/h1-4,11H. The van der Waals surface area contributed by atoms with Crippen molar-refractivity contribution in [3.05, 3.63) is 26.2 Å². The third-order valence-electron chi connectivity index (χ3n) is 1.24.